The molecule has 3 heterocycles. The number of para-hydroxylation sites is 3. The monoisotopic (exact) mass is 538 g/mol. The van der Waals surface area contributed by atoms with Crippen molar-refractivity contribution in [1.82, 2.24) is 0 Å². The summed E-state index contributed by atoms with van der Waals surface area (Å²) in [6.45, 7) is 0. The number of anilines is 4. The van der Waals surface area contributed by atoms with E-state index in [0.717, 1.165) is 45.9 Å². The highest BCUT2D eigenvalue weighted by atomic mass is 19.4. The van der Waals surface area contributed by atoms with E-state index in [2.05, 4.69) is 15.5 Å². The van der Waals surface area contributed by atoms with Crippen LogP contribution in [0.4, 0.5) is 49.1 Å². The van der Waals surface area contributed by atoms with E-state index < -0.39 is 29.6 Å². The van der Waals surface area contributed by atoms with Crippen molar-refractivity contribution in [3.05, 3.63) is 119 Å². The fourth-order valence-corrected chi connectivity index (χ4v) is 5.96. The molecule has 3 aliphatic heterocycles. The van der Waals surface area contributed by atoms with Crippen molar-refractivity contribution in [3.63, 3.8) is 0 Å². The van der Waals surface area contributed by atoms with Crippen molar-refractivity contribution >= 4 is 22.7 Å². The van der Waals surface area contributed by atoms with Crippen molar-refractivity contribution in [2.75, 3.05) is 20.4 Å². The molecule has 10 heteroatoms. The van der Waals surface area contributed by atoms with Gasteiger partial charge in [-0.1, -0.05) is 54.6 Å². The number of benzene rings is 4. The molecule has 1 unspecified atom stereocenters. The standard InChI is InChI=1S/C29H20F6N4/c30-28(31,32)16-13-17(29(33,34)35)15-18(14-16)36-25-20-8-2-5-11-23(20)39-26-21-9-3-6-12-24(21)38(25)27(39)19-7-1-4-10-22(19)37-26/h1-15,25-27,36-37H/t25-,26+,27?/m0/s1. The molecule has 7 rings (SSSR count). The molecule has 0 saturated heterocycles. The highest BCUT2D eigenvalue weighted by molar-refractivity contribution is 5.80. The van der Waals surface area contributed by atoms with E-state index in [1.165, 1.54) is 0 Å². The van der Waals surface area contributed by atoms with E-state index in [0.29, 0.717) is 0 Å². The van der Waals surface area contributed by atoms with Crippen LogP contribution in [0.2, 0.25) is 0 Å². The predicted molar refractivity (Wildman–Crippen MR) is 136 cm³/mol. The van der Waals surface area contributed by atoms with Gasteiger partial charge in [0.2, 0.25) is 0 Å². The van der Waals surface area contributed by atoms with Gasteiger partial charge in [0, 0.05) is 39.4 Å². The van der Waals surface area contributed by atoms with E-state index in [1.54, 1.807) is 0 Å². The number of hydrogen-bond acceptors (Lipinski definition) is 4. The number of alkyl halides is 6. The Hall–Kier alpha value is -4.34. The smallest absolute Gasteiger partial charge is 0.361 e. The SMILES string of the molecule is FC(F)(F)c1cc(N[C@@H]2c3ccccc3N3C4c5ccccc5N[C@H]3c3ccccc3N42)cc(C(F)(F)F)c1. The number of fused-ring (bicyclic) bond motifs is 5. The lowest BCUT2D eigenvalue weighted by molar-refractivity contribution is -0.143. The first kappa shape index (κ1) is 23.8. The molecule has 0 radical (unpaired) electrons. The lowest BCUT2D eigenvalue weighted by Gasteiger charge is -2.60. The molecule has 4 aromatic rings. The summed E-state index contributed by atoms with van der Waals surface area (Å²) in [5, 5.41) is 6.69. The molecule has 39 heavy (non-hydrogen) atoms. The van der Waals surface area contributed by atoms with Crippen LogP contribution < -0.4 is 20.4 Å². The van der Waals surface area contributed by atoms with Crippen molar-refractivity contribution in [2.24, 2.45) is 0 Å². The van der Waals surface area contributed by atoms with Gasteiger partial charge >= 0.3 is 12.4 Å². The minimum Gasteiger partial charge on any atom is -0.361 e. The second kappa shape index (κ2) is 8.08. The van der Waals surface area contributed by atoms with Gasteiger partial charge in [-0.05, 0) is 36.4 Å². The Labute approximate surface area is 219 Å². The second-order valence-electron chi connectivity index (χ2n) is 9.78. The number of hydrogen-bond donors (Lipinski definition) is 2. The van der Waals surface area contributed by atoms with E-state index in [4.69, 9.17) is 0 Å². The molecule has 0 fully saturated rings. The zero-order chi connectivity index (χ0) is 27.1. The van der Waals surface area contributed by atoms with Crippen LogP contribution in [0, 0.1) is 0 Å². The van der Waals surface area contributed by atoms with Gasteiger partial charge in [0.15, 0.2) is 0 Å². The van der Waals surface area contributed by atoms with Gasteiger partial charge in [0.1, 0.15) is 18.5 Å². The van der Waals surface area contributed by atoms with Crippen LogP contribution in [0.5, 0.6) is 0 Å². The average molecular weight is 538 g/mol. The number of nitrogens with one attached hydrogen (secondary N) is 2. The molecule has 3 aliphatic rings. The molecule has 4 nitrogen and oxygen atoms in total. The minimum absolute atomic E-state index is 0.144. The van der Waals surface area contributed by atoms with Crippen LogP contribution in [0.3, 0.4) is 0 Å². The first-order chi connectivity index (χ1) is 18.6. The van der Waals surface area contributed by atoms with E-state index in [1.807, 2.05) is 77.7 Å². The van der Waals surface area contributed by atoms with Crippen LogP contribution in [0.15, 0.2) is 91.0 Å². The predicted octanol–water partition coefficient (Wildman–Crippen LogP) is 8.30. The molecule has 198 valence electrons. The number of rotatable bonds is 2. The molecule has 4 aromatic carbocycles. The molecule has 0 aliphatic carbocycles. The molecule has 0 aromatic heterocycles. The number of halogens is 6. The Morgan fingerprint density at radius 1 is 0.615 bits per heavy atom. The Morgan fingerprint density at radius 3 is 1.79 bits per heavy atom. The maximum Gasteiger partial charge on any atom is 0.416 e. The zero-order valence-corrected chi connectivity index (χ0v) is 20.1. The topological polar surface area (TPSA) is 30.5 Å². The lowest BCUT2D eigenvalue weighted by atomic mass is 9.88. The van der Waals surface area contributed by atoms with Gasteiger partial charge in [-0.3, -0.25) is 0 Å². The van der Waals surface area contributed by atoms with Crippen LogP contribution in [-0.2, 0) is 12.4 Å². The van der Waals surface area contributed by atoms with Gasteiger partial charge in [0.05, 0.1) is 11.1 Å². The second-order valence-corrected chi connectivity index (χ2v) is 9.78. The van der Waals surface area contributed by atoms with Gasteiger partial charge in [-0.15, -0.1) is 0 Å². The van der Waals surface area contributed by atoms with Gasteiger partial charge in [-0.25, -0.2) is 0 Å². The fourth-order valence-electron chi connectivity index (χ4n) is 5.96. The molecule has 0 saturated carbocycles. The molecule has 3 atom stereocenters. The van der Waals surface area contributed by atoms with E-state index in [9.17, 15) is 26.3 Å². The lowest BCUT2D eigenvalue weighted by Crippen LogP contribution is -2.58. The zero-order valence-electron chi connectivity index (χ0n) is 20.1. The number of nitrogens with zero attached hydrogens (tertiary/aromatic N) is 2. The summed E-state index contributed by atoms with van der Waals surface area (Å²) >= 11 is 0. The van der Waals surface area contributed by atoms with Crippen LogP contribution in [-0.4, -0.2) is 0 Å². The normalized spacial score (nSPS) is 20.9. The van der Waals surface area contributed by atoms with Crippen LogP contribution >= 0.6 is 0 Å². The summed E-state index contributed by atoms with van der Waals surface area (Å²) in [4.78, 5) is 4.26. The summed E-state index contributed by atoms with van der Waals surface area (Å²) in [7, 11) is 0. The quantitative estimate of drug-likeness (QED) is 0.252. The largest absolute Gasteiger partial charge is 0.416 e. The van der Waals surface area contributed by atoms with Crippen LogP contribution in [0.25, 0.3) is 0 Å². The third-order valence-corrected chi connectivity index (χ3v) is 7.52. The molecular formula is C29H20F6N4. The van der Waals surface area contributed by atoms with Gasteiger partial charge in [0.25, 0.3) is 0 Å². The Kier molecular flexibility index (Phi) is 4.92. The van der Waals surface area contributed by atoms with Crippen molar-refractivity contribution in [1.29, 1.82) is 0 Å². The fraction of sp³-hybridized carbons (Fsp3) is 0.172. The first-order valence-corrected chi connectivity index (χ1v) is 12.3. The summed E-state index contributed by atoms with van der Waals surface area (Å²) < 4.78 is 82.0. The van der Waals surface area contributed by atoms with Gasteiger partial charge < -0.3 is 20.4 Å². The molecular weight excluding hydrogens is 518 g/mol. The summed E-state index contributed by atoms with van der Waals surface area (Å²) in [6, 6.07) is 24.6. The molecule has 0 spiro atoms. The average Bonchev–Trinajstić information content (AvgIpc) is 2.91. The van der Waals surface area contributed by atoms with Crippen molar-refractivity contribution in [2.45, 2.75) is 30.8 Å². The summed E-state index contributed by atoms with van der Waals surface area (Å²) in [5.74, 6) is 0. The van der Waals surface area contributed by atoms with E-state index in [-0.39, 0.29) is 24.1 Å². The van der Waals surface area contributed by atoms with Crippen molar-refractivity contribution < 1.29 is 26.3 Å². The molecule has 0 amide bonds. The van der Waals surface area contributed by atoms with Crippen LogP contribution in [0.1, 0.15) is 46.3 Å². The van der Waals surface area contributed by atoms with Crippen molar-refractivity contribution in [3.8, 4) is 0 Å². The highest BCUT2D eigenvalue weighted by Gasteiger charge is 2.51. The molecule has 2 N–H and O–H groups in total. The van der Waals surface area contributed by atoms with E-state index >= 15 is 0 Å². The first-order valence-electron chi connectivity index (χ1n) is 12.3. The summed E-state index contributed by atoms with van der Waals surface area (Å²) in [6.07, 6.45) is -11.2. The third-order valence-electron chi connectivity index (χ3n) is 7.52. The van der Waals surface area contributed by atoms with Gasteiger partial charge in [-0.2, -0.15) is 26.3 Å². The maximum absolute atomic E-state index is 13.7. The maximum atomic E-state index is 13.7. The Morgan fingerprint density at radius 2 is 1.15 bits per heavy atom. The highest BCUT2D eigenvalue weighted by Crippen LogP contribution is 2.58. The Balaban J connectivity index is 1.45. The Bertz CT molecular complexity index is 1570. The third kappa shape index (κ3) is 3.61. The minimum atomic E-state index is -4.95. The summed E-state index contributed by atoms with van der Waals surface area (Å²) in [5.41, 5.74) is 2.22. The molecule has 4 bridgehead atoms.